The molecule has 1 aromatic heterocycles. The molecule has 1 heterocycles. The van der Waals surface area contributed by atoms with Gasteiger partial charge in [-0.2, -0.15) is 0 Å². The minimum atomic E-state index is -0.445. The van der Waals surface area contributed by atoms with Crippen molar-refractivity contribution in [1.29, 1.82) is 0 Å². The van der Waals surface area contributed by atoms with Gasteiger partial charge in [-0.1, -0.05) is 24.3 Å². The van der Waals surface area contributed by atoms with Crippen LogP contribution in [0.1, 0.15) is 46.7 Å². The Morgan fingerprint density at radius 3 is 2.35 bits per heavy atom. The molecular weight excluding hydrogens is 460 g/mol. The molecule has 0 atom stereocenters. The number of aromatic nitrogens is 1. The largest absolute Gasteiger partial charge is 0.483 e. The first-order valence-electron chi connectivity index (χ1n) is 11.1. The maximum Gasteiger partial charge on any atom is 0.270 e. The number of ether oxygens (including phenoxy) is 1. The van der Waals surface area contributed by atoms with Crippen molar-refractivity contribution in [3.63, 3.8) is 0 Å². The molecule has 6 nitrogen and oxygen atoms in total. The van der Waals surface area contributed by atoms with Gasteiger partial charge >= 0.3 is 0 Å². The summed E-state index contributed by atoms with van der Waals surface area (Å²) in [6.07, 6.45) is 3.24. The molecule has 0 unspecified atom stereocenters. The molecule has 0 spiro atoms. The number of para-hydroxylation sites is 1. The number of rotatable bonds is 8. The first kappa shape index (κ1) is 23.8. The summed E-state index contributed by atoms with van der Waals surface area (Å²) in [7, 11) is 0. The maximum absolute atomic E-state index is 13.7. The fourth-order valence-corrected chi connectivity index (χ4v) is 4.58. The van der Waals surface area contributed by atoms with Crippen LogP contribution in [-0.4, -0.2) is 28.9 Å². The van der Waals surface area contributed by atoms with Crippen LogP contribution >= 0.6 is 11.3 Å². The predicted octanol–water partition coefficient (Wildman–Crippen LogP) is 4.40. The monoisotopic (exact) mass is 485 g/mol. The Morgan fingerprint density at radius 2 is 1.65 bits per heavy atom. The number of nitrogens with one attached hydrogen (secondary N) is 2. The Kier molecular flexibility index (Phi) is 7.84. The molecule has 2 aromatic carbocycles. The third kappa shape index (κ3) is 6.60. The number of nitrogens with zero attached hydrogens (tertiary/aromatic N) is 1. The Labute approximate surface area is 200 Å². The topological polar surface area (TPSA) is 80.3 Å². The molecule has 34 heavy (non-hydrogen) atoms. The summed E-state index contributed by atoms with van der Waals surface area (Å²) in [5.74, 6) is -0.970. The number of thiazole rings is 1. The third-order valence-corrected chi connectivity index (χ3v) is 6.50. The second-order valence-electron chi connectivity index (χ2n) is 8.24. The average molecular weight is 486 g/mol. The molecule has 1 aliphatic rings. The highest BCUT2D eigenvalue weighted by Gasteiger charge is 2.24. The summed E-state index contributed by atoms with van der Waals surface area (Å²) in [6.45, 7) is 0.0849. The lowest BCUT2D eigenvalue weighted by Gasteiger charge is -2.29. The zero-order valence-electron chi connectivity index (χ0n) is 18.4. The molecular formula is C25H25F2N3O3S. The smallest absolute Gasteiger partial charge is 0.270 e. The summed E-state index contributed by atoms with van der Waals surface area (Å²) >= 11 is 1.29. The predicted molar refractivity (Wildman–Crippen MR) is 125 cm³/mol. The van der Waals surface area contributed by atoms with Crippen molar-refractivity contribution in [3.8, 4) is 5.75 Å². The fourth-order valence-electron chi connectivity index (χ4n) is 3.89. The molecule has 1 fully saturated rings. The quantitative estimate of drug-likeness (QED) is 0.496. The third-order valence-electron chi connectivity index (χ3n) is 5.68. The Morgan fingerprint density at radius 1 is 0.971 bits per heavy atom. The number of halogens is 2. The molecule has 0 aliphatic heterocycles. The molecule has 178 valence electrons. The van der Waals surface area contributed by atoms with E-state index >= 15 is 0 Å². The highest BCUT2D eigenvalue weighted by molar-refractivity contribution is 7.09. The lowest BCUT2D eigenvalue weighted by atomic mass is 9.91. The van der Waals surface area contributed by atoms with Gasteiger partial charge in [0, 0.05) is 17.5 Å². The van der Waals surface area contributed by atoms with Gasteiger partial charge in [0.25, 0.3) is 5.91 Å². The Bertz CT molecular complexity index is 1130. The lowest BCUT2D eigenvalue weighted by molar-refractivity contribution is -0.121. The van der Waals surface area contributed by atoms with Gasteiger partial charge in [-0.05, 0) is 55.5 Å². The van der Waals surface area contributed by atoms with E-state index in [2.05, 4.69) is 15.6 Å². The van der Waals surface area contributed by atoms with Gasteiger partial charge in [0.2, 0.25) is 5.91 Å². The van der Waals surface area contributed by atoms with Gasteiger partial charge < -0.3 is 15.4 Å². The van der Waals surface area contributed by atoms with Crippen LogP contribution in [0.25, 0.3) is 0 Å². The number of hydrogen-bond donors (Lipinski definition) is 2. The molecule has 3 aromatic rings. The highest BCUT2D eigenvalue weighted by Crippen LogP contribution is 2.21. The number of hydrogen-bond acceptors (Lipinski definition) is 5. The zero-order valence-corrected chi connectivity index (χ0v) is 19.2. The number of carbonyl (C=O) groups excluding carboxylic acids is 2. The van der Waals surface area contributed by atoms with E-state index in [0.717, 1.165) is 31.2 Å². The van der Waals surface area contributed by atoms with Gasteiger partial charge in [-0.3, -0.25) is 9.59 Å². The standard InChI is InChI=1S/C25H25F2N3O3S/c26-17-7-5-16(6-8-17)13-23(31)28-18-9-11-19(12-10-18)29-25(32)21-15-34-24(30-21)14-33-22-4-2-1-3-20(22)27/h1-8,15,18-19H,9-14H2,(H,28,31)(H,29,32). The second kappa shape index (κ2) is 11.2. The van der Waals surface area contributed by atoms with Crippen LogP contribution in [0.15, 0.2) is 53.9 Å². The molecule has 4 rings (SSSR count). The number of amides is 2. The summed E-state index contributed by atoms with van der Waals surface area (Å²) in [5.41, 5.74) is 1.08. The molecule has 0 saturated heterocycles. The zero-order chi connectivity index (χ0) is 23.9. The number of benzene rings is 2. The Balaban J connectivity index is 1.19. The van der Waals surface area contributed by atoms with Crippen LogP contribution in [0.2, 0.25) is 0 Å². The molecule has 2 N–H and O–H groups in total. The maximum atomic E-state index is 13.7. The van der Waals surface area contributed by atoms with Crippen LogP contribution < -0.4 is 15.4 Å². The lowest BCUT2D eigenvalue weighted by Crippen LogP contribution is -2.44. The van der Waals surface area contributed by atoms with Crippen molar-refractivity contribution in [2.24, 2.45) is 0 Å². The van der Waals surface area contributed by atoms with Crippen LogP contribution in [-0.2, 0) is 17.8 Å². The first-order valence-corrected chi connectivity index (χ1v) is 12.0. The van der Waals surface area contributed by atoms with Gasteiger partial charge in [-0.15, -0.1) is 11.3 Å². The summed E-state index contributed by atoms with van der Waals surface area (Å²) in [6, 6.07) is 12.1. The van der Waals surface area contributed by atoms with Gasteiger partial charge in [0.05, 0.1) is 6.42 Å². The van der Waals surface area contributed by atoms with Crippen molar-refractivity contribution in [3.05, 3.63) is 81.8 Å². The number of carbonyl (C=O) groups is 2. The normalized spacial score (nSPS) is 17.7. The van der Waals surface area contributed by atoms with E-state index in [9.17, 15) is 18.4 Å². The molecule has 9 heteroatoms. The van der Waals surface area contributed by atoms with Crippen LogP contribution in [0, 0.1) is 11.6 Å². The Hall–Kier alpha value is -3.33. The van der Waals surface area contributed by atoms with Crippen molar-refractivity contribution in [1.82, 2.24) is 15.6 Å². The van der Waals surface area contributed by atoms with Gasteiger partial charge in [-0.25, -0.2) is 13.8 Å². The van der Waals surface area contributed by atoms with E-state index in [1.54, 1.807) is 29.6 Å². The minimum Gasteiger partial charge on any atom is -0.483 e. The van der Waals surface area contributed by atoms with E-state index < -0.39 is 5.82 Å². The van der Waals surface area contributed by atoms with Crippen LogP contribution in [0.5, 0.6) is 5.75 Å². The second-order valence-corrected chi connectivity index (χ2v) is 9.18. The van der Waals surface area contributed by atoms with E-state index in [0.29, 0.717) is 10.7 Å². The van der Waals surface area contributed by atoms with E-state index in [1.165, 1.54) is 35.6 Å². The first-order chi connectivity index (χ1) is 16.5. The van der Waals surface area contributed by atoms with E-state index in [1.807, 2.05) is 0 Å². The molecule has 1 saturated carbocycles. The molecule has 2 amide bonds. The SMILES string of the molecule is O=C(Cc1ccc(F)cc1)NC1CCC(NC(=O)c2csc(COc3ccccc3F)n2)CC1. The van der Waals surface area contributed by atoms with Crippen molar-refractivity contribution in [2.75, 3.05) is 0 Å². The van der Waals surface area contributed by atoms with Crippen LogP contribution in [0.3, 0.4) is 0 Å². The van der Waals surface area contributed by atoms with Crippen molar-refractivity contribution >= 4 is 23.2 Å². The summed E-state index contributed by atoms with van der Waals surface area (Å²) in [5, 5.41) is 8.28. The van der Waals surface area contributed by atoms with Crippen LogP contribution in [0.4, 0.5) is 8.78 Å². The van der Waals surface area contributed by atoms with E-state index in [4.69, 9.17) is 4.74 Å². The summed E-state index contributed by atoms with van der Waals surface area (Å²) < 4.78 is 32.1. The molecule has 0 radical (unpaired) electrons. The van der Waals surface area contributed by atoms with Gasteiger partial charge in [0.1, 0.15) is 23.1 Å². The fraction of sp³-hybridized carbons (Fsp3) is 0.320. The molecule has 1 aliphatic carbocycles. The van der Waals surface area contributed by atoms with Crippen molar-refractivity contribution in [2.45, 2.75) is 50.8 Å². The minimum absolute atomic E-state index is 0.0116. The van der Waals surface area contributed by atoms with Crippen molar-refractivity contribution < 1.29 is 23.1 Å². The van der Waals surface area contributed by atoms with E-state index in [-0.39, 0.29) is 48.5 Å². The average Bonchev–Trinajstić information content (AvgIpc) is 3.31. The molecule has 0 bridgehead atoms. The summed E-state index contributed by atoms with van der Waals surface area (Å²) in [4.78, 5) is 29.1. The highest BCUT2D eigenvalue weighted by atomic mass is 32.1. The van der Waals surface area contributed by atoms with Gasteiger partial charge in [0.15, 0.2) is 11.6 Å².